The number of fused-ring (bicyclic) bond motifs is 1. The Kier molecular flexibility index (Phi) is 7.76. The first kappa shape index (κ1) is 23.7. The van der Waals surface area contributed by atoms with E-state index in [1.54, 1.807) is 16.9 Å². The van der Waals surface area contributed by atoms with Crippen molar-refractivity contribution in [1.82, 2.24) is 30.0 Å². The van der Waals surface area contributed by atoms with Gasteiger partial charge in [0.1, 0.15) is 30.3 Å². The third-order valence-electron chi connectivity index (χ3n) is 5.66. The lowest BCUT2D eigenvalue weighted by Gasteiger charge is -2.12. The summed E-state index contributed by atoms with van der Waals surface area (Å²) in [4.78, 5) is 13.1. The number of hydrogen-bond acceptors (Lipinski definition) is 8. The fourth-order valence-electron chi connectivity index (χ4n) is 4.00. The summed E-state index contributed by atoms with van der Waals surface area (Å²) in [5.41, 5.74) is 0.804. The number of nitrogens with one attached hydrogen (secondary N) is 2. The zero-order chi connectivity index (χ0) is 22.5. The van der Waals surface area contributed by atoms with Crippen LogP contribution in [-0.4, -0.2) is 43.9 Å². The third kappa shape index (κ3) is 5.92. The van der Waals surface area contributed by atoms with Gasteiger partial charge in [0.25, 0.3) is 0 Å². The van der Waals surface area contributed by atoms with Crippen LogP contribution < -0.4 is 20.1 Å². The molecule has 34 heavy (non-hydrogen) atoms. The Balaban J connectivity index is 0.00000274. The monoisotopic (exact) mass is 481 g/mol. The molecule has 9 nitrogen and oxygen atoms in total. The van der Waals surface area contributed by atoms with Crippen molar-refractivity contribution < 1.29 is 9.47 Å². The lowest BCUT2D eigenvalue weighted by atomic mass is 10.2. The zero-order valence-corrected chi connectivity index (χ0v) is 19.8. The molecule has 0 bridgehead atoms. The van der Waals surface area contributed by atoms with Crippen LogP contribution in [-0.2, 0) is 7.05 Å². The molecule has 0 amide bonds. The topological polar surface area (TPSA) is 99.0 Å². The number of anilines is 2. The second-order valence-electron chi connectivity index (χ2n) is 8.12. The van der Waals surface area contributed by atoms with E-state index in [2.05, 4.69) is 30.7 Å². The molecule has 3 heterocycles. The van der Waals surface area contributed by atoms with Gasteiger partial charge in [-0.2, -0.15) is 5.10 Å². The van der Waals surface area contributed by atoms with Crippen molar-refractivity contribution in [3.63, 3.8) is 0 Å². The molecule has 0 saturated heterocycles. The highest BCUT2D eigenvalue weighted by Crippen LogP contribution is 2.29. The molecule has 178 valence electrons. The van der Waals surface area contributed by atoms with E-state index >= 15 is 0 Å². The average molecular weight is 482 g/mol. The van der Waals surface area contributed by atoms with Crippen LogP contribution in [0.15, 0.2) is 55.1 Å². The number of aromatic nitrogens is 5. The Morgan fingerprint density at radius 2 is 1.88 bits per heavy atom. The highest BCUT2D eigenvalue weighted by Gasteiger charge is 2.13. The summed E-state index contributed by atoms with van der Waals surface area (Å²) < 4.78 is 13.5. The Bertz CT molecular complexity index is 1210. The van der Waals surface area contributed by atoms with Crippen molar-refractivity contribution in [3.05, 3.63) is 55.1 Å². The van der Waals surface area contributed by atoms with E-state index in [0.717, 1.165) is 23.2 Å². The number of benzene rings is 1. The van der Waals surface area contributed by atoms with Crippen molar-refractivity contribution in [3.8, 4) is 17.4 Å². The van der Waals surface area contributed by atoms with Gasteiger partial charge in [0, 0.05) is 43.4 Å². The molecule has 1 aliphatic carbocycles. The first-order valence-electron chi connectivity index (χ1n) is 11.2. The first-order valence-corrected chi connectivity index (χ1v) is 11.2. The number of halogens is 1. The van der Waals surface area contributed by atoms with Gasteiger partial charge in [-0.25, -0.2) is 15.0 Å². The molecule has 0 spiro atoms. The van der Waals surface area contributed by atoms with Gasteiger partial charge in [0.15, 0.2) is 5.82 Å². The Morgan fingerprint density at radius 1 is 1.03 bits per heavy atom. The quantitative estimate of drug-likeness (QED) is 0.334. The average Bonchev–Trinajstić information content (AvgIpc) is 3.50. The molecule has 1 aromatic carbocycles. The van der Waals surface area contributed by atoms with Crippen molar-refractivity contribution in [1.29, 1.82) is 0 Å². The molecule has 2 N–H and O–H groups in total. The summed E-state index contributed by atoms with van der Waals surface area (Å²) in [5, 5.41) is 11.9. The van der Waals surface area contributed by atoms with Crippen LogP contribution in [0.4, 0.5) is 11.6 Å². The van der Waals surface area contributed by atoms with Gasteiger partial charge in [0.05, 0.1) is 11.7 Å². The van der Waals surface area contributed by atoms with Crippen LogP contribution in [0.5, 0.6) is 17.4 Å². The molecular weight excluding hydrogens is 454 g/mol. The van der Waals surface area contributed by atoms with Gasteiger partial charge in [-0.3, -0.25) is 4.68 Å². The first-order chi connectivity index (χ1) is 16.2. The predicted octanol–water partition coefficient (Wildman–Crippen LogP) is 4.63. The Hall–Kier alpha value is -3.43. The largest absolute Gasteiger partial charge is 0.491 e. The maximum Gasteiger partial charge on any atom is 0.219 e. The van der Waals surface area contributed by atoms with E-state index in [-0.39, 0.29) is 12.4 Å². The SMILES string of the molecule is Cl.Cn1ccc(Nc2ncnc3ccc(Oc4ccc(OCCNC5CCCC5)cn4)cc23)n1. The highest BCUT2D eigenvalue weighted by atomic mass is 35.5. The van der Waals surface area contributed by atoms with Crippen LogP contribution in [0.25, 0.3) is 10.9 Å². The molecule has 3 aromatic heterocycles. The van der Waals surface area contributed by atoms with Gasteiger partial charge in [-0.15, -0.1) is 12.4 Å². The zero-order valence-electron chi connectivity index (χ0n) is 19.0. The van der Waals surface area contributed by atoms with Crippen molar-refractivity contribution in [2.24, 2.45) is 7.05 Å². The van der Waals surface area contributed by atoms with E-state index < -0.39 is 0 Å². The molecule has 1 fully saturated rings. The fourth-order valence-corrected chi connectivity index (χ4v) is 4.00. The maximum atomic E-state index is 5.96. The third-order valence-corrected chi connectivity index (χ3v) is 5.66. The molecule has 0 aliphatic heterocycles. The minimum Gasteiger partial charge on any atom is -0.491 e. The Morgan fingerprint density at radius 3 is 2.65 bits per heavy atom. The summed E-state index contributed by atoms with van der Waals surface area (Å²) in [6.07, 6.45) is 10.3. The van der Waals surface area contributed by atoms with Crippen LogP contribution in [0.2, 0.25) is 0 Å². The van der Waals surface area contributed by atoms with E-state index in [1.165, 1.54) is 32.0 Å². The summed E-state index contributed by atoms with van der Waals surface area (Å²) in [6, 6.07) is 11.9. The normalized spacial score (nSPS) is 13.6. The number of aryl methyl sites for hydroxylation is 1. The number of ether oxygens (including phenoxy) is 2. The van der Waals surface area contributed by atoms with Crippen molar-refractivity contribution >= 4 is 34.9 Å². The van der Waals surface area contributed by atoms with Crippen LogP contribution in [0, 0.1) is 0 Å². The Labute approximate surface area is 204 Å². The summed E-state index contributed by atoms with van der Waals surface area (Å²) in [7, 11) is 1.87. The molecule has 0 atom stereocenters. The number of hydrogen-bond donors (Lipinski definition) is 2. The van der Waals surface area contributed by atoms with Gasteiger partial charge in [0.2, 0.25) is 5.88 Å². The molecule has 4 aromatic rings. The van der Waals surface area contributed by atoms with Crippen LogP contribution in [0.1, 0.15) is 25.7 Å². The van der Waals surface area contributed by atoms with Gasteiger partial charge in [-0.1, -0.05) is 12.8 Å². The molecule has 0 radical (unpaired) electrons. The molecule has 0 unspecified atom stereocenters. The van der Waals surface area contributed by atoms with Crippen LogP contribution in [0.3, 0.4) is 0 Å². The smallest absolute Gasteiger partial charge is 0.219 e. The second kappa shape index (κ2) is 11.1. The summed E-state index contributed by atoms with van der Waals surface area (Å²) >= 11 is 0. The molecule has 1 aliphatic rings. The van der Waals surface area contributed by atoms with Gasteiger partial charge >= 0.3 is 0 Å². The van der Waals surface area contributed by atoms with E-state index in [0.29, 0.717) is 35.9 Å². The minimum absolute atomic E-state index is 0. The summed E-state index contributed by atoms with van der Waals surface area (Å²) in [6.45, 7) is 1.46. The molecule has 10 heteroatoms. The van der Waals surface area contributed by atoms with Crippen LogP contribution >= 0.6 is 12.4 Å². The van der Waals surface area contributed by atoms with Gasteiger partial charge in [-0.05, 0) is 37.1 Å². The molecule has 5 rings (SSSR count). The standard InChI is InChI=1S/C24H27N7O2.ClH/c1-31-12-10-22(30-31)29-24-20-14-18(6-8-21(20)27-16-28-24)33-23-9-7-19(15-26-23)32-13-11-25-17-4-2-3-5-17;/h6-10,12,14-17,25H,2-5,11,13H2,1H3,(H,27,28,29,30);1H. The second-order valence-corrected chi connectivity index (χ2v) is 8.12. The summed E-state index contributed by atoms with van der Waals surface area (Å²) in [5.74, 6) is 3.22. The lowest BCUT2D eigenvalue weighted by Crippen LogP contribution is -2.30. The number of nitrogens with zero attached hydrogens (tertiary/aromatic N) is 5. The van der Waals surface area contributed by atoms with E-state index in [4.69, 9.17) is 9.47 Å². The van der Waals surface area contributed by atoms with Crippen molar-refractivity contribution in [2.75, 3.05) is 18.5 Å². The molecule has 1 saturated carbocycles. The minimum atomic E-state index is 0. The van der Waals surface area contributed by atoms with Crippen molar-refractivity contribution in [2.45, 2.75) is 31.7 Å². The lowest BCUT2D eigenvalue weighted by molar-refractivity contribution is 0.303. The van der Waals surface area contributed by atoms with E-state index in [1.807, 2.05) is 43.6 Å². The highest BCUT2D eigenvalue weighted by molar-refractivity contribution is 5.91. The number of pyridine rings is 1. The maximum absolute atomic E-state index is 5.96. The number of rotatable bonds is 9. The predicted molar refractivity (Wildman–Crippen MR) is 133 cm³/mol. The fraction of sp³-hybridized carbons (Fsp3) is 0.333. The van der Waals surface area contributed by atoms with Gasteiger partial charge < -0.3 is 20.1 Å². The van der Waals surface area contributed by atoms with E-state index in [9.17, 15) is 0 Å². The molecular formula is C24H28ClN7O2.